The lowest BCUT2D eigenvalue weighted by Crippen LogP contribution is -2.18. The zero-order valence-corrected chi connectivity index (χ0v) is 10.8. The van der Waals surface area contributed by atoms with Crippen molar-refractivity contribution in [3.8, 4) is 0 Å². The van der Waals surface area contributed by atoms with Crippen molar-refractivity contribution in [3.05, 3.63) is 24.5 Å². The van der Waals surface area contributed by atoms with Gasteiger partial charge in [0.25, 0.3) is 0 Å². The van der Waals surface area contributed by atoms with Crippen molar-refractivity contribution in [2.75, 3.05) is 23.1 Å². The quantitative estimate of drug-likeness (QED) is 0.813. The average molecular weight is 248 g/mol. The lowest BCUT2D eigenvalue weighted by Gasteiger charge is -2.14. The molecule has 2 rings (SSSR count). The Morgan fingerprint density at radius 2 is 2.24 bits per heavy atom. The maximum absolute atomic E-state index is 5.74. The van der Waals surface area contributed by atoms with Gasteiger partial charge in [0.2, 0.25) is 0 Å². The van der Waals surface area contributed by atoms with Gasteiger partial charge in [0.05, 0.1) is 5.52 Å². The maximum Gasteiger partial charge on any atom is 0.137 e. The van der Waals surface area contributed by atoms with E-state index >= 15 is 0 Å². The van der Waals surface area contributed by atoms with E-state index in [-0.39, 0.29) is 0 Å². The van der Waals surface area contributed by atoms with Gasteiger partial charge >= 0.3 is 0 Å². The third-order valence-corrected chi connectivity index (χ3v) is 3.29. The largest absolute Gasteiger partial charge is 0.399 e. The molecule has 1 aromatic carbocycles. The predicted molar refractivity (Wildman–Crippen MR) is 75.4 cm³/mol. The van der Waals surface area contributed by atoms with E-state index in [2.05, 4.69) is 28.5 Å². The van der Waals surface area contributed by atoms with Gasteiger partial charge in [-0.3, -0.25) is 0 Å². The molecule has 0 saturated carbocycles. The van der Waals surface area contributed by atoms with Crippen LogP contribution in [0.2, 0.25) is 0 Å². The minimum Gasteiger partial charge on any atom is -0.399 e. The maximum atomic E-state index is 5.74. The monoisotopic (exact) mass is 248 g/mol. The molecule has 1 atom stereocenters. The van der Waals surface area contributed by atoms with Gasteiger partial charge in [-0.15, -0.1) is 0 Å². The molecule has 5 heteroatoms. The van der Waals surface area contributed by atoms with Crippen LogP contribution < -0.4 is 11.1 Å². The summed E-state index contributed by atoms with van der Waals surface area (Å²) < 4.78 is 0. The molecule has 0 aliphatic carbocycles. The highest BCUT2D eigenvalue weighted by Crippen LogP contribution is 2.21. The molecule has 17 heavy (non-hydrogen) atoms. The molecule has 1 aromatic heterocycles. The topological polar surface area (TPSA) is 63.8 Å². The first kappa shape index (κ1) is 12.0. The Morgan fingerprint density at radius 3 is 3.00 bits per heavy atom. The molecule has 3 N–H and O–H groups in total. The lowest BCUT2D eigenvalue weighted by atomic mass is 10.2. The summed E-state index contributed by atoms with van der Waals surface area (Å²) in [6.45, 7) is 2.14. The molecule has 1 heterocycles. The molecule has 90 valence electrons. The van der Waals surface area contributed by atoms with E-state index in [1.807, 2.05) is 30.0 Å². The summed E-state index contributed by atoms with van der Waals surface area (Å²) in [5, 5.41) is 4.40. The van der Waals surface area contributed by atoms with Crippen molar-refractivity contribution in [1.82, 2.24) is 9.97 Å². The van der Waals surface area contributed by atoms with Crippen LogP contribution in [-0.2, 0) is 0 Å². The first-order valence-electron chi connectivity index (χ1n) is 5.46. The molecule has 0 radical (unpaired) electrons. The van der Waals surface area contributed by atoms with Crippen LogP contribution in [0.25, 0.3) is 10.9 Å². The van der Waals surface area contributed by atoms with Crippen LogP contribution in [0.1, 0.15) is 6.92 Å². The van der Waals surface area contributed by atoms with Crippen molar-refractivity contribution >= 4 is 34.2 Å². The molecule has 1 unspecified atom stereocenters. The van der Waals surface area contributed by atoms with E-state index in [0.29, 0.717) is 6.04 Å². The van der Waals surface area contributed by atoms with Crippen molar-refractivity contribution in [3.63, 3.8) is 0 Å². The van der Waals surface area contributed by atoms with E-state index in [1.165, 1.54) is 0 Å². The fraction of sp³-hybridized carbons (Fsp3) is 0.333. The van der Waals surface area contributed by atoms with Gasteiger partial charge in [-0.1, -0.05) is 0 Å². The Morgan fingerprint density at radius 1 is 1.41 bits per heavy atom. The third-order valence-electron chi connectivity index (χ3n) is 2.46. The fourth-order valence-electron chi connectivity index (χ4n) is 1.71. The second-order valence-corrected chi connectivity index (χ2v) is 4.91. The average Bonchev–Trinajstić information content (AvgIpc) is 2.29. The Balaban J connectivity index is 2.34. The smallest absolute Gasteiger partial charge is 0.137 e. The number of nitrogens with two attached hydrogens (primary N) is 1. The van der Waals surface area contributed by atoms with Gasteiger partial charge in [-0.25, -0.2) is 9.97 Å². The molecular formula is C12H16N4S. The van der Waals surface area contributed by atoms with Crippen LogP contribution >= 0.6 is 11.8 Å². The number of aromatic nitrogens is 2. The first-order chi connectivity index (χ1) is 8.20. The molecule has 0 amide bonds. The highest BCUT2D eigenvalue weighted by molar-refractivity contribution is 7.98. The fourth-order valence-corrected chi connectivity index (χ4v) is 2.30. The summed E-state index contributed by atoms with van der Waals surface area (Å²) in [6, 6.07) is 6.07. The Bertz CT molecular complexity index is 515. The Hall–Kier alpha value is -1.49. The number of nitrogen functional groups attached to an aromatic ring is 1. The summed E-state index contributed by atoms with van der Waals surface area (Å²) in [5.41, 5.74) is 7.33. The normalized spacial score (nSPS) is 12.6. The molecule has 4 nitrogen and oxygen atoms in total. The van der Waals surface area contributed by atoms with Crippen molar-refractivity contribution in [2.45, 2.75) is 13.0 Å². The summed E-state index contributed by atoms with van der Waals surface area (Å²) in [4.78, 5) is 8.51. The standard InChI is InChI=1S/C12H16N4S/c1-8(6-17-2)16-12-10-4-3-9(13)5-11(10)14-7-15-12/h3-5,7-8H,6,13H2,1-2H3,(H,14,15,16). The molecule has 0 aliphatic rings. The first-order valence-corrected chi connectivity index (χ1v) is 6.86. The van der Waals surface area contributed by atoms with Crippen LogP contribution in [0.3, 0.4) is 0 Å². The van der Waals surface area contributed by atoms with Crippen molar-refractivity contribution < 1.29 is 0 Å². The second-order valence-electron chi connectivity index (χ2n) is 4.00. The minimum absolute atomic E-state index is 0.376. The van der Waals surface area contributed by atoms with E-state index in [4.69, 9.17) is 5.73 Å². The Labute approximate surface area is 105 Å². The lowest BCUT2D eigenvalue weighted by molar-refractivity contribution is 0.904. The zero-order valence-electron chi connectivity index (χ0n) is 9.97. The van der Waals surface area contributed by atoms with Gasteiger partial charge < -0.3 is 11.1 Å². The highest BCUT2D eigenvalue weighted by Gasteiger charge is 2.06. The van der Waals surface area contributed by atoms with Gasteiger partial charge in [0.1, 0.15) is 12.1 Å². The highest BCUT2D eigenvalue weighted by atomic mass is 32.2. The number of hydrogen-bond donors (Lipinski definition) is 2. The van der Waals surface area contributed by atoms with E-state index in [9.17, 15) is 0 Å². The van der Waals surface area contributed by atoms with Crippen LogP contribution in [0.15, 0.2) is 24.5 Å². The van der Waals surface area contributed by atoms with Crippen LogP contribution in [-0.4, -0.2) is 28.0 Å². The number of fused-ring (bicyclic) bond motifs is 1. The van der Waals surface area contributed by atoms with Gasteiger partial charge in [-0.2, -0.15) is 11.8 Å². The van der Waals surface area contributed by atoms with Crippen molar-refractivity contribution in [1.29, 1.82) is 0 Å². The summed E-state index contributed by atoms with van der Waals surface area (Å²) in [7, 11) is 0. The molecule has 0 spiro atoms. The number of nitrogens with one attached hydrogen (secondary N) is 1. The van der Waals surface area contributed by atoms with Crippen LogP contribution in [0.4, 0.5) is 11.5 Å². The second kappa shape index (κ2) is 5.23. The minimum atomic E-state index is 0.376. The number of hydrogen-bond acceptors (Lipinski definition) is 5. The summed E-state index contributed by atoms with van der Waals surface area (Å²) in [6.07, 6.45) is 3.66. The van der Waals surface area contributed by atoms with E-state index in [0.717, 1.165) is 28.2 Å². The molecule has 0 saturated heterocycles. The number of rotatable bonds is 4. The molecule has 2 aromatic rings. The van der Waals surface area contributed by atoms with Gasteiger partial charge in [0.15, 0.2) is 0 Å². The molecule has 0 bridgehead atoms. The molecule has 0 aliphatic heterocycles. The van der Waals surface area contributed by atoms with Crippen molar-refractivity contribution in [2.24, 2.45) is 0 Å². The van der Waals surface area contributed by atoms with Crippen LogP contribution in [0, 0.1) is 0 Å². The van der Waals surface area contributed by atoms with E-state index in [1.54, 1.807) is 6.33 Å². The summed E-state index contributed by atoms with van der Waals surface area (Å²) in [5.74, 6) is 1.91. The van der Waals surface area contributed by atoms with E-state index < -0.39 is 0 Å². The molecule has 0 fully saturated rings. The SMILES string of the molecule is CSCC(C)Nc1ncnc2cc(N)ccc12. The summed E-state index contributed by atoms with van der Waals surface area (Å²) >= 11 is 1.81. The number of anilines is 2. The van der Waals surface area contributed by atoms with Gasteiger partial charge in [-0.05, 0) is 31.4 Å². The van der Waals surface area contributed by atoms with Crippen LogP contribution in [0.5, 0.6) is 0 Å². The number of nitrogens with zero attached hydrogens (tertiary/aromatic N) is 2. The zero-order chi connectivity index (χ0) is 12.3. The van der Waals surface area contributed by atoms with Gasteiger partial charge in [0, 0.05) is 22.9 Å². The third kappa shape index (κ3) is 2.79. The number of benzene rings is 1. The predicted octanol–water partition coefficient (Wildman–Crippen LogP) is 2.38. The molecular weight excluding hydrogens is 232 g/mol. The number of thioether (sulfide) groups is 1. The Kier molecular flexibility index (Phi) is 3.68.